The average molecular weight is 270 g/mol. The molecule has 2 heterocycles. The van der Waals surface area contributed by atoms with Crippen molar-refractivity contribution in [2.75, 3.05) is 0 Å². The zero-order chi connectivity index (χ0) is 14.4. The van der Waals surface area contributed by atoms with Gasteiger partial charge < -0.3 is 10.3 Å². The highest BCUT2D eigenvalue weighted by atomic mass is 16.1. The lowest BCUT2D eigenvalue weighted by Crippen LogP contribution is -2.35. The Hall–Kier alpha value is -2.43. The number of H-pyrrole nitrogens is 1. The van der Waals surface area contributed by atoms with Gasteiger partial charge in [0.25, 0.3) is 0 Å². The third-order valence-corrected chi connectivity index (χ3v) is 3.80. The maximum absolute atomic E-state index is 12.7. The van der Waals surface area contributed by atoms with E-state index < -0.39 is 0 Å². The number of hydrogen-bond donors (Lipinski definition) is 2. The van der Waals surface area contributed by atoms with E-state index in [-0.39, 0.29) is 34.4 Å². The summed E-state index contributed by atoms with van der Waals surface area (Å²) in [5.74, 6) is -0.563. The van der Waals surface area contributed by atoms with Crippen molar-refractivity contribution >= 4 is 11.6 Å². The molecule has 1 aliphatic heterocycles. The second-order valence-electron chi connectivity index (χ2n) is 5.03. The van der Waals surface area contributed by atoms with Gasteiger partial charge in [0.15, 0.2) is 5.78 Å². The van der Waals surface area contributed by atoms with Gasteiger partial charge in [0.1, 0.15) is 5.69 Å². The number of Topliss-reactive ketones (excluding diaryl/α,β-unsaturated/α-hetero) is 2. The van der Waals surface area contributed by atoms with Crippen LogP contribution in [0.1, 0.15) is 39.8 Å². The normalized spacial score (nSPS) is 20.6. The molecule has 0 aromatic carbocycles. The highest BCUT2D eigenvalue weighted by Gasteiger charge is 2.37. The Bertz CT molecular complexity index is 753. The first-order valence-corrected chi connectivity index (χ1v) is 6.55. The molecule has 1 aliphatic carbocycles. The first kappa shape index (κ1) is 12.6. The van der Waals surface area contributed by atoms with Crippen molar-refractivity contribution in [2.45, 2.75) is 20.3 Å². The molecule has 2 aliphatic rings. The summed E-state index contributed by atoms with van der Waals surface area (Å²) < 4.78 is 0. The Morgan fingerprint density at radius 1 is 1.20 bits per heavy atom. The zero-order valence-electron chi connectivity index (χ0n) is 11.2. The topological polar surface area (TPSA) is 79.0 Å². The molecule has 0 amide bonds. The van der Waals surface area contributed by atoms with Gasteiger partial charge in [-0.3, -0.25) is 14.4 Å². The van der Waals surface area contributed by atoms with Crippen molar-refractivity contribution in [3.8, 4) is 0 Å². The van der Waals surface area contributed by atoms with E-state index in [0.29, 0.717) is 16.7 Å². The van der Waals surface area contributed by atoms with Crippen LogP contribution < -0.4 is 10.9 Å². The summed E-state index contributed by atoms with van der Waals surface area (Å²) in [5.41, 5.74) is 1.38. The molecule has 2 N–H and O–H groups in total. The molecule has 3 rings (SSSR count). The van der Waals surface area contributed by atoms with Crippen LogP contribution in [0.5, 0.6) is 0 Å². The van der Waals surface area contributed by atoms with Crippen molar-refractivity contribution in [1.29, 1.82) is 0 Å². The number of aryl methyl sites for hydroxylation is 1. The molecule has 0 saturated carbocycles. The van der Waals surface area contributed by atoms with Crippen molar-refractivity contribution in [2.24, 2.45) is 5.92 Å². The smallest absolute Gasteiger partial charge is 0.248 e. The number of pyridine rings is 1. The van der Waals surface area contributed by atoms with Crippen LogP contribution in [0.25, 0.3) is 0 Å². The van der Waals surface area contributed by atoms with E-state index in [1.54, 1.807) is 13.1 Å². The van der Waals surface area contributed by atoms with Crippen LogP contribution in [0.3, 0.4) is 0 Å². The van der Waals surface area contributed by atoms with Crippen LogP contribution in [-0.4, -0.2) is 16.6 Å². The second-order valence-corrected chi connectivity index (χ2v) is 5.03. The third-order valence-electron chi connectivity index (χ3n) is 3.80. The van der Waals surface area contributed by atoms with Gasteiger partial charge >= 0.3 is 0 Å². The SMILES string of the molecule is CCC1C=CNC2=C1C(=O)c1c(C)cc(=O)[nH]c1C2=O. The molecule has 0 spiro atoms. The fraction of sp³-hybridized carbons (Fsp3) is 0.267. The first-order valence-electron chi connectivity index (χ1n) is 6.55. The molecule has 5 nitrogen and oxygen atoms in total. The molecule has 1 unspecified atom stereocenters. The summed E-state index contributed by atoms with van der Waals surface area (Å²) in [4.78, 5) is 39.2. The van der Waals surface area contributed by atoms with Crippen LogP contribution in [0.4, 0.5) is 0 Å². The van der Waals surface area contributed by atoms with E-state index in [4.69, 9.17) is 0 Å². The van der Waals surface area contributed by atoms with E-state index in [1.807, 2.05) is 13.0 Å². The quantitative estimate of drug-likeness (QED) is 0.809. The Kier molecular flexibility index (Phi) is 2.71. The Morgan fingerprint density at radius 3 is 2.65 bits per heavy atom. The minimum absolute atomic E-state index is 0.0674. The van der Waals surface area contributed by atoms with Gasteiger partial charge in [-0.2, -0.15) is 0 Å². The van der Waals surface area contributed by atoms with Crippen LogP contribution in [0.15, 0.2) is 34.4 Å². The number of dihydropyridines is 1. The largest absolute Gasteiger partial charge is 0.358 e. The summed E-state index contributed by atoms with van der Waals surface area (Å²) >= 11 is 0. The number of carbonyl (C=O) groups is 2. The summed E-state index contributed by atoms with van der Waals surface area (Å²) in [7, 11) is 0. The van der Waals surface area contributed by atoms with E-state index in [2.05, 4.69) is 10.3 Å². The van der Waals surface area contributed by atoms with Crippen LogP contribution in [0, 0.1) is 12.8 Å². The molecule has 1 aromatic rings. The van der Waals surface area contributed by atoms with Gasteiger partial charge in [-0.15, -0.1) is 0 Å². The van der Waals surface area contributed by atoms with E-state index in [0.717, 1.165) is 6.42 Å². The first-order chi connectivity index (χ1) is 9.54. The number of carbonyl (C=O) groups excluding carboxylic acids is 2. The van der Waals surface area contributed by atoms with Gasteiger partial charge in [-0.1, -0.05) is 13.0 Å². The Balaban J connectivity index is 2.28. The third kappa shape index (κ3) is 1.59. The van der Waals surface area contributed by atoms with Crippen LogP contribution >= 0.6 is 0 Å². The maximum atomic E-state index is 12.7. The highest BCUT2D eigenvalue weighted by molar-refractivity contribution is 6.26. The number of ketones is 2. The number of allylic oxidation sites excluding steroid dienone is 3. The van der Waals surface area contributed by atoms with Crippen molar-refractivity contribution < 1.29 is 9.59 Å². The van der Waals surface area contributed by atoms with E-state index in [9.17, 15) is 14.4 Å². The number of fused-ring (bicyclic) bond motifs is 1. The van der Waals surface area contributed by atoms with Crippen molar-refractivity contribution in [1.82, 2.24) is 10.3 Å². The molecule has 0 bridgehead atoms. The lowest BCUT2D eigenvalue weighted by molar-refractivity contribution is 0.0957. The predicted molar refractivity (Wildman–Crippen MR) is 73.5 cm³/mol. The summed E-state index contributed by atoms with van der Waals surface area (Å²) in [6, 6.07) is 1.35. The monoisotopic (exact) mass is 270 g/mol. The Labute approximate surface area is 115 Å². The van der Waals surface area contributed by atoms with Gasteiger partial charge in [0.2, 0.25) is 11.3 Å². The molecule has 1 atom stereocenters. The van der Waals surface area contributed by atoms with Crippen LogP contribution in [0.2, 0.25) is 0 Å². The van der Waals surface area contributed by atoms with Crippen molar-refractivity contribution in [3.05, 3.63) is 56.8 Å². The number of aromatic nitrogens is 1. The van der Waals surface area contributed by atoms with Crippen molar-refractivity contribution in [3.63, 3.8) is 0 Å². The Morgan fingerprint density at radius 2 is 1.95 bits per heavy atom. The highest BCUT2D eigenvalue weighted by Crippen LogP contribution is 2.33. The van der Waals surface area contributed by atoms with E-state index in [1.165, 1.54) is 6.07 Å². The molecule has 0 saturated heterocycles. The van der Waals surface area contributed by atoms with E-state index >= 15 is 0 Å². The fourth-order valence-electron chi connectivity index (χ4n) is 2.83. The lowest BCUT2D eigenvalue weighted by Gasteiger charge is -2.28. The minimum Gasteiger partial charge on any atom is -0.358 e. The van der Waals surface area contributed by atoms with Gasteiger partial charge in [-0.05, 0) is 25.1 Å². The van der Waals surface area contributed by atoms with Gasteiger partial charge in [-0.25, -0.2) is 0 Å². The number of aromatic amines is 1. The standard InChI is InChI=1S/C15H14N2O3/c1-3-8-4-5-16-12-11(8)14(19)10-7(2)6-9(18)17-13(10)15(12)20/h4-6,8,16H,3H2,1-2H3,(H,17,18). The summed E-state index contributed by atoms with van der Waals surface area (Å²) in [5, 5.41) is 2.85. The molecule has 0 fully saturated rings. The average Bonchev–Trinajstić information content (AvgIpc) is 2.43. The number of nitrogens with one attached hydrogen (secondary N) is 2. The fourth-order valence-corrected chi connectivity index (χ4v) is 2.83. The molecular weight excluding hydrogens is 256 g/mol. The summed E-state index contributed by atoms with van der Waals surface area (Å²) in [6.07, 6.45) is 4.31. The zero-order valence-corrected chi connectivity index (χ0v) is 11.2. The van der Waals surface area contributed by atoms with Gasteiger partial charge in [0.05, 0.1) is 11.3 Å². The molecule has 1 aromatic heterocycles. The molecule has 102 valence electrons. The predicted octanol–water partition coefficient (Wildman–Crippen LogP) is 1.46. The maximum Gasteiger partial charge on any atom is 0.248 e. The van der Waals surface area contributed by atoms with Crippen LogP contribution in [-0.2, 0) is 0 Å². The van der Waals surface area contributed by atoms with Gasteiger partial charge in [0, 0.05) is 17.6 Å². The number of hydrogen-bond acceptors (Lipinski definition) is 4. The molecule has 0 radical (unpaired) electrons. The second kappa shape index (κ2) is 4.30. The lowest BCUT2D eigenvalue weighted by atomic mass is 9.79. The molecule has 20 heavy (non-hydrogen) atoms. The minimum atomic E-state index is -0.371. The number of rotatable bonds is 1. The summed E-state index contributed by atoms with van der Waals surface area (Å²) in [6.45, 7) is 3.65. The molecule has 5 heteroatoms. The molecular formula is C15H14N2O3.